The molecule has 1 N–H and O–H groups in total. The van der Waals surface area contributed by atoms with E-state index in [1.165, 1.54) is 4.31 Å². The minimum atomic E-state index is -3.90. The van der Waals surface area contributed by atoms with Gasteiger partial charge in [-0.2, -0.15) is 11.8 Å². The van der Waals surface area contributed by atoms with Crippen molar-refractivity contribution in [2.45, 2.75) is 37.0 Å². The lowest BCUT2D eigenvalue weighted by Gasteiger charge is -2.26. The zero-order chi connectivity index (χ0) is 23.9. The molecule has 3 aromatic carbocycles. The molecule has 1 amide bonds. The molecule has 3 rings (SSSR count). The van der Waals surface area contributed by atoms with Gasteiger partial charge in [-0.1, -0.05) is 81.4 Å². The van der Waals surface area contributed by atoms with E-state index in [1.807, 2.05) is 30.3 Å². The van der Waals surface area contributed by atoms with Crippen molar-refractivity contribution < 1.29 is 13.2 Å². The van der Waals surface area contributed by atoms with E-state index in [4.69, 9.17) is 0 Å². The van der Waals surface area contributed by atoms with E-state index in [2.05, 4.69) is 26.1 Å². The highest BCUT2D eigenvalue weighted by atomic mass is 32.2. The second kappa shape index (κ2) is 10.9. The Morgan fingerprint density at radius 1 is 0.879 bits per heavy atom. The van der Waals surface area contributed by atoms with E-state index in [0.29, 0.717) is 17.8 Å². The number of hydrogen-bond donors (Lipinski definition) is 1. The average Bonchev–Trinajstić information content (AvgIpc) is 2.81. The third-order valence-electron chi connectivity index (χ3n) is 4.84. The first-order chi connectivity index (χ1) is 15.7. The third-order valence-corrected chi connectivity index (χ3v) is 7.89. The van der Waals surface area contributed by atoms with Gasteiger partial charge in [0.15, 0.2) is 0 Å². The molecule has 0 saturated carbocycles. The van der Waals surface area contributed by atoms with E-state index in [1.54, 1.807) is 66.4 Å². The molecule has 0 radical (unpaired) electrons. The fourth-order valence-electron chi connectivity index (χ4n) is 3.27. The molecule has 0 saturated heterocycles. The molecule has 0 heterocycles. The molecule has 33 heavy (non-hydrogen) atoms. The van der Waals surface area contributed by atoms with Crippen LogP contribution in [0.2, 0.25) is 0 Å². The van der Waals surface area contributed by atoms with Crippen LogP contribution in [0.3, 0.4) is 0 Å². The first-order valence-corrected chi connectivity index (χ1v) is 13.2. The van der Waals surface area contributed by atoms with Gasteiger partial charge in [0.1, 0.15) is 0 Å². The van der Waals surface area contributed by atoms with Crippen molar-refractivity contribution in [3.05, 3.63) is 96.1 Å². The van der Waals surface area contributed by atoms with Crippen molar-refractivity contribution in [3.8, 4) is 0 Å². The Morgan fingerprint density at radius 2 is 1.45 bits per heavy atom. The van der Waals surface area contributed by atoms with Gasteiger partial charge in [0.25, 0.3) is 15.9 Å². The molecule has 0 spiro atoms. The SMILES string of the molecule is CC(C)(C)SCCNC(=O)c1ccccc1N(Cc1ccccc1)S(=O)(=O)c1ccccc1. The number of nitrogens with one attached hydrogen (secondary N) is 1. The standard InChI is InChI=1S/C26H30N2O3S2/c1-26(2,3)32-19-18-27-25(29)23-16-10-11-17-24(23)28(20-21-12-6-4-7-13-21)33(30,31)22-14-8-5-9-15-22/h4-17H,18-20H2,1-3H3,(H,27,29). The zero-order valence-corrected chi connectivity index (χ0v) is 20.8. The Hall–Kier alpha value is -2.77. The van der Waals surface area contributed by atoms with Crippen LogP contribution in [0.5, 0.6) is 0 Å². The smallest absolute Gasteiger partial charge is 0.264 e. The molecule has 7 heteroatoms. The number of para-hydroxylation sites is 1. The van der Waals surface area contributed by atoms with Crippen LogP contribution < -0.4 is 9.62 Å². The minimum Gasteiger partial charge on any atom is -0.351 e. The Morgan fingerprint density at radius 3 is 2.09 bits per heavy atom. The normalized spacial score (nSPS) is 11.7. The molecule has 0 aliphatic carbocycles. The summed E-state index contributed by atoms with van der Waals surface area (Å²) in [5, 5.41) is 2.94. The summed E-state index contributed by atoms with van der Waals surface area (Å²) in [5.74, 6) is 0.481. The van der Waals surface area contributed by atoms with Gasteiger partial charge in [-0.15, -0.1) is 0 Å². The zero-order valence-electron chi connectivity index (χ0n) is 19.2. The summed E-state index contributed by atoms with van der Waals surface area (Å²) in [6.45, 7) is 7.00. The lowest BCUT2D eigenvalue weighted by molar-refractivity contribution is 0.0956. The maximum Gasteiger partial charge on any atom is 0.264 e. The van der Waals surface area contributed by atoms with Gasteiger partial charge in [-0.05, 0) is 29.8 Å². The second-order valence-electron chi connectivity index (χ2n) is 8.54. The van der Waals surface area contributed by atoms with Gasteiger partial charge >= 0.3 is 0 Å². The highest BCUT2D eigenvalue weighted by Gasteiger charge is 2.28. The van der Waals surface area contributed by atoms with Crippen LogP contribution in [0, 0.1) is 0 Å². The van der Waals surface area contributed by atoms with Gasteiger partial charge in [-0.25, -0.2) is 8.42 Å². The number of carbonyl (C=O) groups is 1. The largest absolute Gasteiger partial charge is 0.351 e. The highest BCUT2D eigenvalue weighted by Crippen LogP contribution is 2.29. The number of benzene rings is 3. The number of amides is 1. The summed E-state index contributed by atoms with van der Waals surface area (Å²) in [6.07, 6.45) is 0. The molecule has 3 aromatic rings. The molecule has 0 aromatic heterocycles. The van der Waals surface area contributed by atoms with Crippen molar-refractivity contribution in [1.82, 2.24) is 5.32 Å². The van der Waals surface area contributed by atoms with Crippen LogP contribution in [0.15, 0.2) is 89.8 Å². The van der Waals surface area contributed by atoms with Crippen LogP contribution in [-0.2, 0) is 16.6 Å². The fraction of sp³-hybridized carbons (Fsp3) is 0.269. The summed E-state index contributed by atoms with van der Waals surface area (Å²) >= 11 is 1.76. The molecule has 0 aliphatic heterocycles. The van der Waals surface area contributed by atoms with Crippen molar-refractivity contribution in [3.63, 3.8) is 0 Å². The second-order valence-corrected chi connectivity index (χ2v) is 12.3. The van der Waals surface area contributed by atoms with Crippen LogP contribution >= 0.6 is 11.8 Å². The maximum atomic E-state index is 13.7. The summed E-state index contributed by atoms with van der Waals surface area (Å²) < 4.78 is 28.8. The summed E-state index contributed by atoms with van der Waals surface area (Å²) in [7, 11) is -3.90. The number of nitrogens with zero attached hydrogens (tertiary/aromatic N) is 1. The van der Waals surface area contributed by atoms with Crippen LogP contribution in [-0.4, -0.2) is 31.4 Å². The van der Waals surface area contributed by atoms with Gasteiger partial charge in [0.2, 0.25) is 0 Å². The Labute approximate surface area is 201 Å². The van der Waals surface area contributed by atoms with Crippen LogP contribution in [0.1, 0.15) is 36.7 Å². The van der Waals surface area contributed by atoms with Crippen molar-refractivity contribution in [2.75, 3.05) is 16.6 Å². The first kappa shape index (κ1) is 24.9. The van der Waals surface area contributed by atoms with Gasteiger partial charge in [0, 0.05) is 17.0 Å². The van der Waals surface area contributed by atoms with E-state index >= 15 is 0 Å². The Bertz CT molecular complexity index is 1160. The van der Waals surface area contributed by atoms with Gasteiger partial charge in [-0.3, -0.25) is 9.10 Å². The van der Waals surface area contributed by atoms with E-state index in [0.717, 1.165) is 11.3 Å². The number of anilines is 1. The van der Waals surface area contributed by atoms with Gasteiger partial charge in [0.05, 0.1) is 22.7 Å². The minimum absolute atomic E-state index is 0.110. The molecular formula is C26H30N2O3S2. The van der Waals surface area contributed by atoms with Crippen molar-refractivity contribution >= 4 is 33.4 Å². The Balaban J connectivity index is 1.95. The lowest BCUT2D eigenvalue weighted by atomic mass is 10.1. The Kier molecular flexibility index (Phi) is 8.21. The van der Waals surface area contributed by atoms with E-state index < -0.39 is 10.0 Å². The molecule has 0 fully saturated rings. The van der Waals surface area contributed by atoms with E-state index in [9.17, 15) is 13.2 Å². The van der Waals surface area contributed by atoms with Crippen molar-refractivity contribution in [1.29, 1.82) is 0 Å². The van der Waals surface area contributed by atoms with Crippen molar-refractivity contribution in [2.24, 2.45) is 0 Å². The highest BCUT2D eigenvalue weighted by molar-refractivity contribution is 8.00. The van der Waals surface area contributed by atoms with Gasteiger partial charge < -0.3 is 5.32 Å². The van der Waals surface area contributed by atoms with E-state index in [-0.39, 0.29) is 22.1 Å². The summed E-state index contributed by atoms with van der Waals surface area (Å²) in [6, 6.07) is 24.5. The number of carbonyl (C=O) groups excluding carboxylic acids is 1. The average molecular weight is 483 g/mol. The third kappa shape index (κ3) is 6.85. The maximum absolute atomic E-state index is 13.7. The predicted molar refractivity (Wildman–Crippen MR) is 137 cm³/mol. The van der Waals surface area contributed by atoms with Crippen LogP contribution in [0.4, 0.5) is 5.69 Å². The number of hydrogen-bond acceptors (Lipinski definition) is 4. The van der Waals surface area contributed by atoms with Crippen LogP contribution in [0.25, 0.3) is 0 Å². The monoisotopic (exact) mass is 482 g/mol. The molecule has 0 bridgehead atoms. The molecular weight excluding hydrogens is 452 g/mol. The fourth-order valence-corrected chi connectivity index (χ4v) is 5.58. The number of rotatable bonds is 9. The number of sulfonamides is 1. The molecule has 5 nitrogen and oxygen atoms in total. The summed E-state index contributed by atoms with van der Waals surface area (Å²) in [4.78, 5) is 13.2. The topological polar surface area (TPSA) is 66.5 Å². The molecule has 0 unspecified atom stereocenters. The lowest BCUT2D eigenvalue weighted by Crippen LogP contribution is -2.34. The summed E-state index contributed by atoms with van der Waals surface area (Å²) in [5.41, 5.74) is 1.51. The first-order valence-electron chi connectivity index (χ1n) is 10.8. The predicted octanol–water partition coefficient (Wildman–Crippen LogP) is 5.34. The molecule has 174 valence electrons. The molecule has 0 aliphatic rings. The number of thioether (sulfide) groups is 1. The quantitative estimate of drug-likeness (QED) is 0.418. The molecule has 0 atom stereocenters.